The Balaban J connectivity index is 1.71. The van der Waals surface area contributed by atoms with Crippen molar-refractivity contribution in [2.45, 2.75) is 51.0 Å². The van der Waals surface area contributed by atoms with Gasteiger partial charge in [0, 0.05) is 0 Å². The standard InChI is InChI=1S/C19H23NO2/c1-19-7-6-15-14-5-3-13(21)8-11(14)2-4-16(15)17(19)9-12(10-20)18(19)22/h3,5,8,12,15-18,21-22H,2,4,6-7,9H2,1H3/t12?,15?,16?,17?,18-,19-/m0/s1. The first kappa shape index (κ1) is 14.1. The van der Waals surface area contributed by atoms with Gasteiger partial charge in [0.05, 0.1) is 18.1 Å². The quantitative estimate of drug-likeness (QED) is 0.771. The number of hydrogen-bond donors (Lipinski definition) is 2. The number of aliphatic hydroxyl groups excluding tert-OH is 1. The van der Waals surface area contributed by atoms with E-state index in [2.05, 4.69) is 19.1 Å². The number of fused-ring (bicyclic) bond motifs is 5. The van der Waals surface area contributed by atoms with Gasteiger partial charge in [0.2, 0.25) is 0 Å². The van der Waals surface area contributed by atoms with E-state index in [4.69, 9.17) is 0 Å². The summed E-state index contributed by atoms with van der Waals surface area (Å²) in [5.41, 5.74) is 2.60. The highest BCUT2D eigenvalue weighted by Gasteiger charge is 2.58. The Labute approximate surface area is 131 Å². The summed E-state index contributed by atoms with van der Waals surface area (Å²) in [6, 6.07) is 8.15. The molecule has 2 saturated carbocycles. The molecule has 2 N–H and O–H groups in total. The van der Waals surface area contributed by atoms with Crippen LogP contribution in [-0.4, -0.2) is 16.3 Å². The van der Waals surface area contributed by atoms with Crippen molar-refractivity contribution in [3.05, 3.63) is 29.3 Å². The highest BCUT2D eigenvalue weighted by molar-refractivity contribution is 5.40. The molecule has 3 aliphatic carbocycles. The largest absolute Gasteiger partial charge is 0.508 e. The Morgan fingerprint density at radius 1 is 1.32 bits per heavy atom. The molecule has 22 heavy (non-hydrogen) atoms. The van der Waals surface area contributed by atoms with Gasteiger partial charge in [-0.15, -0.1) is 0 Å². The minimum atomic E-state index is -0.468. The summed E-state index contributed by atoms with van der Waals surface area (Å²) in [4.78, 5) is 0. The molecule has 1 aromatic rings. The van der Waals surface area contributed by atoms with E-state index in [1.807, 2.05) is 6.07 Å². The van der Waals surface area contributed by atoms with E-state index in [1.165, 1.54) is 11.1 Å². The Bertz CT molecular complexity index is 649. The Morgan fingerprint density at radius 2 is 2.14 bits per heavy atom. The number of aliphatic hydroxyl groups is 1. The van der Waals surface area contributed by atoms with Crippen LogP contribution in [0, 0.1) is 34.5 Å². The zero-order chi connectivity index (χ0) is 15.5. The summed E-state index contributed by atoms with van der Waals surface area (Å²) in [5.74, 6) is 1.72. The molecule has 6 atom stereocenters. The van der Waals surface area contributed by atoms with Gasteiger partial charge in [-0.3, -0.25) is 0 Å². The van der Waals surface area contributed by atoms with Gasteiger partial charge < -0.3 is 10.2 Å². The number of benzene rings is 1. The van der Waals surface area contributed by atoms with Crippen LogP contribution in [-0.2, 0) is 6.42 Å². The van der Waals surface area contributed by atoms with Crippen LogP contribution in [0.15, 0.2) is 18.2 Å². The van der Waals surface area contributed by atoms with Gasteiger partial charge in [0.15, 0.2) is 0 Å². The molecular formula is C19H23NO2. The lowest BCUT2D eigenvalue weighted by Crippen LogP contribution is -2.44. The van der Waals surface area contributed by atoms with E-state index >= 15 is 0 Å². The number of phenols is 1. The van der Waals surface area contributed by atoms with Crippen molar-refractivity contribution in [1.29, 1.82) is 5.26 Å². The fourth-order valence-corrected chi connectivity index (χ4v) is 5.71. The first-order valence-electron chi connectivity index (χ1n) is 8.44. The fourth-order valence-electron chi connectivity index (χ4n) is 5.71. The lowest BCUT2D eigenvalue weighted by molar-refractivity contribution is -0.0280. The van der Waals surface area contributed by atoms with Crippen LogP contribution in [0.2, 0.25) is 0 Å². The molecule has 2 fully saturated rings. The predicted octanol–water partition coefficient (Wildman–Crippen LogP) is 3.36. The van der Waals surface area contributed by atoms with Crippen LogP contribution >= 0.6 is 0 Å². The average Bonchev–Trinajstić information content (AvgIpc) is 2.78. The third kappa shape index (κ3) is 1.77. The molecule has 0 spiro atoms. The number of rotatable bonds is 0. The van der Waals surface area contributed by atoms with E-state index in [0.717, 1.165) is 32.1 Å². The van der Waals surface area contributed by atoms with Gasteiger partial charge in [-0.25, -0.2) is 0 Å². The van der Waals surface area contributed by atoms with Crippen molar-refractivity contribution < 1.29 is 10.2 Å². The summed E-state index contributed by atoms with van der Waals surface area (Å²) in [6.45, 7) is 2.20. The van der Waals surface area contributed by atoms with E-state index in [9.17, 15) is 15.5 Å². The maximum absolute atomic E-state index is 10.6. The molecule has 0 radical (unpaired) electrons. The molecule has 3 aliphatic rings. The normalized spacial score (nSPS) is 42.9. The number of nitrogens with zero attached hydrogens (tertiary/aromatic N) is 1. The molecule has 0 amide bonds. The second-order valence-corrected chi connectivity index (χ2v) is 7.76. The van der Waals surface area contributed by atoms with Gasteiger partial charge >= 0.3 is 0 Å². The molecule has 1 aromatic carbocycles. The van der Waals surface area contributed by atoms with Gasteiger partial charge in [-0.2, -0.15) is 5.26 Å². The van der Waals surface area contributed by atoms with Crippen LogP contribution in [0.25, 0.3) is 0 Å². The zero-order valence-corrected chi connectivity index (χ0v) is 13.0. The van der Waals surface area contributed by atoms with Crippen LogP contribution in [0.3, 0.4) is 0 Å². The Morgan fingerprint density at radius 3 is 2.91 bits per heavy atom. The van der Waals surface area contributed by atoms with Crippen molar-refractivity contribution in [2.75, 3.05) is 0 Å². The van der Waals surface area contributed by atoms with Gasteiger partial charge in [-0.1, -0.05) is 13.0 Å². The van der Waals surface area contributed by atoms with Crippen LogP contribution < -0.4 is 0 Å². The number of hydrogen-bond acceptors (Lipinski definition) is 3. The van der Waals surface area contributed by atoms with Crippen molar-refractivity contribution in [3.63, 3.8) is 0 Å². The van der Waals surface area contributed by atoms with Crippen molar-refractivity contribution in [1.82, 2.24) is 0 Å². The van der Waals surface area contributed by atoms with E-state index in [-0.39, 0.29) is 11.3 Å². The van der Waals surface area contributed by atoms with Gasteiger partial charge in [0.25, 0.3) is 0 Å². The molecule has 0 heterocycles. The number of aryl methyl sites for hydroxylation is 1. The van der Waals surface area contributed by atoms with Gasteiger partial charge in [-0.05, 0) is 78.5 Å². The van der Waals surface area contributed by atoms with Crippen molar-refractivity contribution >= 4 is 0 Å². The van der Waals surface area contributed by atoms with Gasteiger partial charge in [0.1, 0.15) is 5.75 Å². The summed E-state index contributed by atoms with van der Waals surface area (Å²) in [7, 11) is 0. The highest BCUT2D eigenvalue weighted by atomic mass is 16.3. The lowest BCUT2D eigenvalue weighted by Gasteiger charge is -2.50. The molecular weight excluding hydrogens is 274 g/mol. The maximum Gasteiger partial charge on any atom is 0.115 e. The third-order valence-corrected chi connectivity index (χ3v) is 6.88. The van der Waals surface area contributed by atoms with Crippen LogP contribution in [0.1, 0.15) is 49.7 Å². The number of phenolic OH excluding ortho intramolecular Hbond substituents is 1. The first-order valence-corrected chi connectivity index (χ1v) is 8.44. The second kappa shape index (κ2) is 4.73. The summed E-state index contributed by atoms with van der Waals surface area (Å²) in [6.07, 6.45) is 4.59. The SMILES string of the molecule is C[C@]12CCC3c4ccc(O)cc4CCC3C1CC(C#N)[C@@H]2O. The van der Waals surface area contributed by atoms with Crippen LogP contribution in [0.4, 0.5) is 0 Å². The second-order valence-electron chi connectivity index (χ2n) is 7.76. The minimum absolute atomic E-state index is 0.0873. The summed E-state index contributed by atoms with van der Waals surface area (Å²) < 4.78 is 0. The highest BCUT2D eigenvalue weighted by Crippen LogP contribution is 2.62. The molecule has 3 heteroatoms. The topological polar surface area (TPSA) is 64.2 Å². The molecule has 0 aromatic heterocycles. The molecule has 3 nitrogen and oxygen atoms in total. The Hall–Kier alpha value is -1.53. The van der Waals surface area contributed by atoms with Crippen molar-refractivity contribution in [3.8, 4) is 11.8 Å². The van der Waals surface area contributed by atoms with Crippen molar-refractivity contribution in [2.24, 2.45) is 23.2 Å². The molecule has 116 valence electrons. The van der Waals surface area contributed by atoms with Crippen LogP contribution in [0.5, 0.6) is 5.75 Å². The van der Waals surface area contributed by atoms with E-state index in [1.54, 1.807) is 6.07 Å². The monoisotopic (exact) mass is 297 g/mol. The fraction of sp³-hybridized carbons (Fsp3) is 0.632. The third-order valence-electron chi connectivity index (χ3n) is 6.88. The Kier molecular flexibility index (Phi) is 3.03. The van der Waals surface area contributed by atoms with E-state index in [0.29, 0.717) is 23.5 Å². The molecule has 4 unspecified atom stereocenters. The van der Waals surface area contributed by atoms with E-state index < -0.39 is 6.10 Å². The number of nitriles is 1. The zero-order valence-electron chi connectivity index (χ0n) is 13.0. The average molecular weight is 297 g/mol. The maximum atomic E-state index is 10.6. The summed E-state index contributed by atoms with van der Waals surface area (Å²) in [5, 5.41) is 29.7. The predicted molar refractivity (Wildman–Crippen MR) is 83.2 cm³/mol. The first-order chi connectivity index (χ1) is 10.5. The smallest absolute Gasteiger partial charge is 0.115 e. The molecule has 0 aliphatic heterocycles. The molecule has 0 saturated heterocycles. The number of aromatic hydroxyl groups is 1. The summed E-state index contributed by atoms with van der Waals surface area (Å²) >= 11 is 0. The minimum Gasteiger partial charge on any atom is -0.508 e. The lowest BCUT2D eigenvalue weighted by atomic mass is 9.55. The molecule has 4 rings (SSSR count). The molecule has 0 bridgehead atoms.